The molecule has 1 rings (SSSR count). The zero-order valence-corrected chi connectivity index (χ0v) is 7.59. The van der Waals surface area contributed by atoms with Gasteiger partial charge in [-0.2, -0.15) is 0 Å². The van der Waals surface area contributed by atoms with Crippen molar-refractivity contribution in [1.29, 1.82) is 0 Å². The molecule has 0 fully saturated rings. The second-order valence-electron chi connectivity index (χ2n) is 1.96. The minimum absolute atomic E-state index is 0. The van der Waals surface area contributed by atoms with Crippen LogP contribution in [0.1, 0.15) is 6.99 Å². The van der Waals surface area contributed by atoms with Crippen molar-refractivity contribution < 1.29 is 35.4 Å². The van der Waals surface area contributed by atoms with Gasteiger partial charge in [0.25, 0.3) is 0 Å². The van der Waals surface area contributed by atoms with Crippen molar-refractivity contribution in [2.75, 3.05) is 0 Å². The van der Waals surface area contributed by atoms with E-state index in [0.717, 1.165) is 0 Å². The molecule has 0 saturated carbocycles. The smallest absolute Gasteiger partial charge is 1.00 e. The van der Waals surface area contributed by atoms with Gasteiger partial charge in [-0.25, -0.2) is 0 Å². The Kier molecular flexibility index (Phi) is 11.1. The van der Waals surface area contributed by atoms with Crippen molar-refractivity contribution in [3.05, 3.63) is 42.5 Å². The van der Waals surface area contributed by atoms with Crippen LogP contribution in [0.4, 0.5) is 0 Å². The third-order valence-electron chi connectivity index (χ3n) is 1.04. The Morgan fingerprint density at radius 2 is 1.54 bits per heavy atom. The monoisotopic (exact) mass is 174 g/mol. The number of rotatable bonds is 1. The Morgan fingerprint density at radius 3 is 1.77 bits per heavy atom. The van der Waals surface area contributed by atoms with E-state index >= 15 is 0 Å². The summed E-state index contributed by atoms with van der Waals surface area (Å²) in [7, 11) is -2.17. The Bertz CT molecular complexity index is 218. The topological polar surface area (TPSA) is 60.7 Å². The molecule has 0 heterocycles. The second-order valence-corrected chi connectivity index (χ2v) is 1.96. The van der Waals surface area contributed by atoms with E-state index in [9.17, 15) is 0 Å². The number of benzene rings is 1. The summed E-state index contributed by atoms with van der Waals surface area (Å²) >= 11 is 0. The molecule has 0 saturated heterocycles. The molecule has 0 aromatic heterocycles. The van der Waals surface area contributed by atoms with Crippen molar-refractivity contribution in [2.45, 2.75) is 0 Å². The Balaban J connectivity index is -0.000000180. The van der Waals surface area contributed by atoms with Crippen LogP contribution in [0, 0.1) is 0 Å². The third-order valence-corrected chi connectivity index (χ3v) is 1.04. The summed E-state index contributed by atoms with van der Waals surface area (Å²) in [6, 6.07) is 10.0. The summed E-state index contributed by atoms with van der Waals surface area (Å²) in [5.41, 5.74) is 1.17. The molecule has 0 aliphatic carbocycles. The maximum Gasteiger partial charge on any atom is 1.00 e. The fraction of sp³-hybridized carbons (Fsp3) is 0. The minimum atomic E-state index is -2.17. The van der Waals surface area contributed by atoms with Crippen molar-refractivity contribution >= 4 is 13.4 Å². The summed E-state index contributed by atoms with van der Waals surface area (Å²) in [6.45, 7) is 3.63. The van der Waals surface area contributed by atoms with Gasteiger partial charge in [0.05, 0.1) is 0 Å². The first-order chi connectivity index (χ1) is 5.66. The van der Waals surface area contributed by atoms with E-state index in [4.69, 9.17) is 15.1 Å². The maximum absolute atomic E-state index is 7.17. The molecule has 1 aromatic rings. The van der Waals surface area contributed by atoms with Gasteiger partial charge < -0.3 is 16.5 Å². The molecule has 3 N–H and O–H groups in total. The van der Waals surface area contributed by atoms with Crippen LogP contribution in [0.15, 0.2) is 36.9 Å². The largest absolute Gasteiger partial charge is 1.00 e. The molecule has 13 heavy (non-hydrogen) atoms. The average molecular weight is 174 g/mol. The Morgan fingerprint density at radius 1 is 1.15 bits per heavy atom. The van der Waals surface area contributed by atoms with Crippen LogP contribution < -0.4 is 18.9 Å². The molecule has 66 valence electrons. The van der Waals surface area contributed by atoms with Crippen LogP contribution in [-0.2, 0) is 0 Å². The fourth-order valence-corrected chi connectivity index (χ4v) is 0.589. The van der Waals surface area contributed by atoms with Gasteiger partial charge in [0, 0.05) is 0 Å². The quantitative estimate of drug-likeness (QED) is 0.409. The Hall–Kier alpha value is -0.498. The molecule has 0 aliphatic heterocycles. The summed E-state index contributed by atoms with van der Waals surface area (Å²) in [4.78, 5) is 0. The van der Waals surface area contributed by atoms with E-state index in [1.165, 1.54) is 5.56 Å². The summed E-state index contributed by atoms with van der Waals surface area (Å²) < 4.78 is 0. The predicted octanol–water partition coefficient (Wildman–Crippen LogP) is -2.61. The van der Waals surface area contributed by atoms with Crippen LogP contribution in [0.25, 0.3) is 6.08 Å². The van der Waals surface area contributed by atoms with Crippen LogP contribution in [0.2, 0.25) is 0 Å². The van der Waals surface area contributed by atoms with Crippen LogP contribution in [0.5, 0.6) is 0 Å². The zero-order valence-electron chi connectivity index (χ0n) is 8.59. The van der Waals surface area contributed by atoms with Crippen molar-refractivity contribution in [1.82, 2.24) is 0 Å². The summed E-state index contributed by atoms with van der Waals surface area (Å²) in [5.74, 6) is 0. The van der Waals surface area contributed by atoms with Gasteiger partial charge in [-0.1, -0.05) is 43.0 Å². The molecular weight excluding hydrogens is 162 g/mol. The fourth-order valence-electron chi connectivity index (χ4n) is 0.589. The molecule has 3 nitrogen and oxygen atoms in total. The molecule has 0 unspecified atom stereocenters. The molecule has 0 amide bonds. The summed E-state index contributed by atoms with van der Waals surface area (Å²) in [5, 5.41) is 21.5. The van der Waals surface area contributed by atoms with E-state index in [-0.39, 0.29) is 20.3 Å². The van der Waals surface area contributed by atoms with Gasteiger partial charge in [0.2, 0.25) is 0 Å². The van der Waals surface area contributed by atoms with Crippen LogP contribution in [0.3, 0.4) is 0 Å². The van der Waals surface area contributed by atoms with Gasteiger partial charge in [0.15, 0.2) is 0 Å². The van der Waals surface area contributed by atoms with Gasteiger partial charge in [0.1, 0.15) is 0 Å². The normalized spacial score (nSPS) is 7.31. The average Bonchev–Trinajstić information content (AvgIpc) is 2.05. The molecule has 0 aliphatic rings. The van der Waals surface area contributed by atoms with E-state index in [1.54, 1.807) is 0 Å². The molecular formula is C8H12BLiO3. The van der Waals surface area contributed by atoms with E-state index in [2.05, 4.69) is 6.58 Å². The van der Waals surface area contributed by atoms with E-state index in [0.29, 0.717) is 0 Å². The molecule has 0 atom stereocenters. The number of hydrogen-bond donors (Lipinski definition) is 3. The van der Waals surface area contributed by atoms with Gasteiger partial charge in [-0.3, -0.25) is 0 Å². The van der Waals surface area contributed by atoms with Crippen molar-refractivity contribution in [3.63, 3.8) is 0 Å². The first-order valence-corrected chi connectivity index (χ1v) is 3.38. The van der Waals surface area contributed by atoms with Crippen molar-refractivity contribution in [2.24, 2.45) is 0 Å². The zero-order chi connectivity index (χ0) is 9.40. The van der Waals surface area contributed by atoms with Gasteiger partial charge in [-0.15, -0.1) is 0 Å². The molecule has 0 bridgehead atoms. The Labute approximate surface area is 91.6 Å². The van der Waals surface area contributed by atoms with E-state index < -0.39 is 7.32 Å². The van der Waals surface area contributed by atoms with Gasteiger partial charge in [-0.05, 0) is 5.56 Å². The molecule has 0 spiro atoms. The van der Waals surface area contributed by atoms with E-state index in [1.807, 2.05) is 36.4 Å². The molecule has 5 heteroatoms. The molecule has 0 radical (unpaired) electrons. The SMILES string of the molecule is C=Cc1ccccc1.OB(O)O.[H-].[Li+]. The van der Waals surface area contributed by atoms with Crippen LogP contribution >= 0.6 is 0 Å². The first kappa shape index (κ1) is 15.0. The summed E-state index contributed by atoms with van der Waals surface area (Å²) in [6.07, 6.45) is 1.83. The minimum Gasteiger partial charge on any atom is -1.00 e. The predicted molar refractivity (Wildman–Crippen MR) is 50.1 cm³/mol. The standard InChI is InChI=1S/C8H8.BH3O3.Li.H/c1-2-8-6-4-3-5-7-8;2-1(3)4;;/h2-7H,1H2;2-4H;;/q;;+1;-1. The van der Waals surface area contributed by atoms with Crippen LogP contribution in [-0.4, -0.2) is 22.4 Å². The third kappa shape index (κ3) is 11.5. The first-order valence-electron chi connectivity index (χ1n) is 3.38. The maximum atomic E-state index is 7.17. The molecule has 1 aromatic carbocycles. The second kappa shape index (κ2) is 9.59. The number of hydrogen-bond acceptors (Lipinski definition) is 3. The van der Waals surface area contributed by atoms with Crippen molar-refractivity contribution in [3.8, 4) is 0 Å². The van der Waals surface area contributed by atoms with Gasteiger partial charge >= 0.3 is 26.2 Å².